The fraction of sp³-hybridized carbons (Fsp3) is 0.714. The van der Waals surface area contributed by atoms with Crippen LogP contribution in [0.3, 0.4) is 0 Å². The van der Waals surface area contributed by atoms with Crippen molar-refractivity contribution in [3.8, 4) is 12.3 Å². The van der Waals surface area contributed by atoms with E-state index in [1.165, 1.54) is 4.90 Å². The van der Waals surface area contributed by atoms with Crippen molar-refractivity contribution in [2.45, 2.75) is 51.4 Å². The predicted molar refractivity (Wildman–Crippen MR) is 73.8 cm³/mol. The Labute approximate surface area is 119 Å². The number of carbonyl (C=O) groups excluding carboxylic acids is 2. The van der Waals surface area contributed by atoms with Crippen molar-refractivity contribution in [2.24, 2.45) is 0 Å². The van der Waals surface area contributed by atoms with Crippen LogP contribution in [0.1, 0.15) is 33.6 Å². The van der Waals surface area contributed by atoms with Crippen molar-refractivity contribution in [3.05, 3.63) is 0 Å². The minimum absolute atomic E-state index is 0.0850. The number of aliphatic hydroxyl groups excluding tert-OH is 1. The van der Waals surface area contributed by atoms with Crippen molar-refractivity contribution in [1.82, 2.24) is 10.2 Å². The first kappa shape index (κ1) is 16.3. The molecular formula is C14H22N2O4. The van der Waals surface area contributed by atoms with E-state index < -0.39 is 23.8 Å². The molecule has 0 unspecified atom stereocenters. The highest BCUT2D eigenvalue weighted by Gasteiger charge is 2.39. The molecule has 6 nitrogen and oxygen atoms in total. The zero-order chi connectivity index (χ0) is 15.3. The number of nitrogens with zero attached hydrogens (tertiary/aromatic N) is 1. The second kappa shape index (κ2) is 6.62. The molecule has 2 amide bonds. The Hall–Kier alpha value is -1.74. The molecule has 112 valence electrons. The van der Waals surface area contributed by atoms with Crippen LogP contribution in [-0.2, 0) is 9.53 Å². The number of terminal acetylenes is 1. The number of rotatable bonds is 4. The quantitative estimate of drug-likeness (QED) is 0.736. The molecule has 0 saturated carbocycles. The van der Waals surface area contributed by atoms with E-state index in [1.807, 2.05) is 0 Å². The van der Waals surface area contributed by atoms with Crippen LogP contribution in [0.15, 0.2) is 0 Å². The highest BCUT2D eigenvalue weighted by Crippen LogP contribution is 2.21. The van der Waals surface area contributed by atoms with Gasteiger partial charge in [0.1, 0.15) is 11.6 Å². The highest BCUT2D eigenvalue weighted by molar-refractivity contribution is 5.87. The number of ether oxygens (including phenoxy) is 1. The summed E-state index contributed by atoms with van der Waals surface area (Å²) in [4.78, 5) is 25.1. The number of hydrogen-bond donors (Lipinski definition) is 2. The van der Waals surface area contributed by atoms with Gasteiger partial charge in [0.15, 0.2) is 0 Å². The van der Waals surface area contributed by atoms with Crippen molar-refractivity contribution in [2.75, 3.05) is 13.1 Å². The molecule has 1 fully saturated rings. The van der Waals surface area contributed by atoms with Crippen LogP contribution < -0.4 is 5.32 Å². The molecule has 1 saturated heterocycles. The second-order valence-corrected chi connectivity index (χ2v) is 5.79. The smallest absolute Gasteiger partial charge is 0.410 e. The molecule has 1 heterocycles. The zero-order valence-electron chi connectivity index (χ0n) is 12.2. The summed E-state index contributed by atoms with van der Waals surface area (Å²) in [5.74, 6) is 2.02. The molecule has 0 aromatic rings. The number of amides is 2. The van der Waals surface area contributed by atoms with Crippen LogP contribution in [0.25, 0.3) is 0 Å². The monoisotopic (exact) mass is 282 g/mol. The van der Waals surface area contributed by atoms with E-state index in [-0.39, 0.29) is 18.9 Å². The van der Waals surface area contributed by atoms with Crippen LogP contribution in [-0.4, -0.2) is 52.8 Å². The normalized spacial score (nSPS) is 19.6. The average molecular weight is 282 g/mol. The Bertz CT molecular complexity index is 408. The van der Waals surface area contributed by atoms with E-state index in [1.54, 1.807) is 20.8 Å². The fourth-order valence-corrected chi connectivity index (χ4v) is 1.74. The molecule has 1 aliphatic heterocycles. The lowest BCUT2D eigenvalue weighted by molar-refractivity contribution is -0.131. The molecule has 2 N–H and O–H groups in total. The molecule has 1 rings (SSSR count). The van der Waals surface area contributed by atoms with E-state index in [0.29, 0.717) is 13.0 Å². The maximum Gasteiger partial charge on any atom is 0.410 e. The van der Waals surface area contributed by atoms with Crippen LogP contribution in [0, 0.1) is 12.3 Å². The molecule has 0 aliphatic carbocycles. The van der Waals surface area contributed by atoms with Crippen LogP contribution in [0.2, 0.25) is 0 Å². The Morgan fingerprint density at radius 3 is 2.65 bits per heavy atom. The summed E-state index contributed by atoms with van der Waals surface area (Å²) in [7, 11) is 0. The SMILES string of the molecule is C#CC[C@H](O)CNC(=O)[C@H]1CCN1C(=O)OC(C)(C)C. The van der Waals surface area contributed by atoms with Gasteiger partial charge in [-0.15, -0.1) is 12.3 Å². The fourth-order valence-electron chi connectivity index (χ4n) is 1.74. The number of carbonyl (C=O) groups is 2. The van der Waals surface area contributed by atoms with E-state index >= 15 is 0 Å². The Kier molecular flexibility index (Phi) is 5.40. The zero-order valence-corrected chi connectivity index (χ0v) is 12.2. The van der Waals surface area contributed by atoms with Crippen LogP contribution >= 0.6 is 0 Å². The lowest BCUT2D eigenvalue weighted by Gasteiger charge is -2.40. The van der Waals surface area contributed by atoms with Gasteiger partial charge >= 0.3 is 6.09 Å². The molecule has 1 aliphatic rings. The van der Waals surface area contributed by atoms with Gasteiger partial charge in [0.25, 0.3) is 0 Å². The Morgan fingerprint density at radius 2 is 2.20 bits per heavy atom. The summed E-state index contributed by atoms with van der Waals surface area (Å²) in [6.07, 6.45) is 4.58. The van der Waals surface area contributed by atoms with Gasteiger partial charge in [-0.1, -0.05) is 0 Å². The van der Waals surface area contributed by atoms with Gasteiger partial charge in [0, 0.05) is 19.5 Å². The van der Waals surface area contributed by atoms with Gasteiger partial charge in [0.05, 0.1) is 6.10 Å². The molecule has 2 atom stereocenters. The maximum atomic E-state index is 11.9. The summed E-state index contributed by atoms with van der Waals surface area (Å²) >= 11 is 0. The molecule has 6 heteroatoms. The number of likely N-dealkylation sites (tertiary alicyclic amines) is 1. The van der Waals surface area contributed by atoms with E-state index in [2.05, 4.69) is 11.2 Å². The first-order valence-electron chi connectivity index (χ1n) is 6.63. The van der Waals surface area contributed by atoms with Gasteiger partial charge in [-0.05, 0) is 27.2 Å². The minimum atomic E-state index is -0.765. The summed E-state index contributed by atoms with van der Waals surface area (Å²) in [5, 5.41) is 12.0. The summed E-state index contributed by atoms with van der Waals surface area (Å²) in [5.41, 5.74) is -0.587. The van der Waals surface area contributed by atoms with Crippen molar-refractivity contribution in [1.29, 1.82) is 0 Å². The van der Waals surface area contributed by atoms with Gasteiger partial charge in [-0.25, -0.2) is 4.79 Å². The van der Waals surface area contributed by atoms with Gasteiger partial charge in [0.2, 0.25) is 5.91 Å². The predicted octanol–water partition coefficient (Wildman–Crippen LogP) is 0.496. The average Bonchev–Trinajstić information content (AvgIpc) is 2.22. The summed E-state index contributed by atoms with van der Waals surface area (Å²) in [6.45, 7) is 5.91. The Morgan fingerprint density at radius 1 is 1.55 bits per heavy atom. The Balaban J connectivity index is 2.42. The molecule has 0 bridgehead atoms. The van der Waals surface area contributed by atoms with Gasteiger partial charge in [-0.2, -0.15) is 0 Å². The lowest BCUT2D eigenvalue weighted by Crippen LogP contribution is -2.59. The molecule has 0 radical (unpaired) electrons. The first-order valence-corrected chi connectivity index (χ1v) is 6.63. The van der Waals surface area contributed by atoms with E-state index in [4.69, 9.17) is 11.2 Å². The van der Waals surface area contributed by atoms with E-state index in [9.17, 15) is 14.7 Å². The molecule has 0 spiro atoms. The first-order chi connectivity index (χ1) is 9.24. The van der Waals surface area contributed by atoms with Crippen LogP contribution in [0.4, 0.5) is 4.79 Å². The number of hydrogen-bond acceptors (Lipinski definition) is 4. The third-order valence-corrected chi connectivity index (χ3v) is 2.82. The third kappa shape index (κ3) is 4.74. The molecule has 20 heavy (non-hydrogen) atoms. The van der Waals surface area contributed by atoms with E-state index in [0.717, 1.165) is 0 Å². The highest BCUT2D eigenvalue weighted by atomic mass is 16.6. The van der Waals surface area contributed by atoms with Crippen molar-refractivity contribution in [3.63, 3.8) is 0 Å². The van der Waals surface area contributed by atoms with Crippen molar-refractivity contribution < 1.29 is 19.4 Å². The van der Waals surface area contributed by atoms with Gasteiger partial charge in [-0.3, -0.25) is 9.69 Å². The number of nitrogens with one attached hydrogen (secondary N) is 1. The third-order valence-electron chi connectivity index (χ3n) is 2.82. The second-order valence-electron chi connectivity index (χ2n) is 5.79. The summed E-state index contributed by atoms with van der Waals surface area (Å²) < 4.78 is 5.22. The van der Waals surface area contributed by atoms with Crippen LogP contribution in [0.5, 0.6) is 0 Å². The largest absolute Gasteiger partial charge is 0.444 e. The number of aliphatic hydroxyl groups is 1. The molecular weight excluding hydrogens is 260 g/mol. The minimum Gasteiger partial charge on any atom is -0.444 e. The maximum absolute atomic E-state index is 11.9. The lowest BCUT2D eigenvalue weighted by atomic mass is 10.0. The standard InChI is InChI=1S/C14H22N2O4/c1-5-6-10(17)9-15-12(18)11-7-8-16(11)13(19)20-14(2,3)4/h1,10-11,17H,6-9H2,2-4H3,(H,15,18)/t10-,11+/m0/s1. The topological polar surface area (TPSA) is 78.9 Å². The molecule has 0 aromatic carbocycles. The van der Waals surface area contributed by atoms with Crippen molar-refractivity contribution >= 4 is 12.0 Å². The summed E-state index contributed by atoms with van der Waals surface area (Å²) in [6, 6.07) is -0.525. The molecule has 0 aromatic heterocycles. The van der Waals surface area contributed by atoms with Gasteiger partial charge < -0.3 is 15.2 Å².